The lowest BCUT2D eigenvalue weighted by Crippen LogP contribution is -2.24. The van der Waals surface area contributed by atoms with Crippen molar-refractivity contribution in [3.63, 3.8) is 0 Å². The Morgan fingerprint density at radius 2 is 1.72 bits per heavy atom. The minimum Gasteiger partial charge on any atom is -0.364 e. The summed E-state index contributed by atoms with van der Waals surface area (Å²) in [4.78, 5) is 2.35. The maximum atomic E-state index is 13.3. The first-order valence-corrected chi connectivity index (χ1v) is 9.92. The van der Waals surface area contributed by atoms with Gasteiger partial charge in [0, 0.05) is 19.0 Å². The van der Waals surface area contributed by atoms with Crippen molar-refractivity contribution in [1.82, 2.24) is 9.78 Å². The molecule has 0 bridgehead atoms. The molecule has 0 saturated carbocycles. The third-order valence-corrected chi connectivity index (χ3v) is 5.62. The van der Waals surface area contributed by atoms with Crippen molar-refractivity contribution in [1.29, 1.82) is 0 Å². The molecule has 146 valence electrons. The summed E-state index contributed by atoms with van der Waals surface area (Å²) < 4.78 is 24.0. The second kappa shape index (κ2) is 6.73. The highest BCUT2D eigenvalue weighted by Crippen LogP contribution is 2.45. The third kappa shape index (κ3) is 3.29. The summed E-state index contributed by atoms with van der Waals surface area (Å²) in [7, 11) is 0. The van der Waals surface area contributed by atoms with E-state index in [0.29, 0.717) is 0 Å². The Morgan fingerprint density at radius 3 is 2.48 bits per heavy atom. The number of fused-ring (bicyclic) bond motifs is 1. The van der Waals surface area contributed by atoms with Gasteiger partial charge in [-0.2, -0.15) is 5.10 Å². The van der Waals surface area contributed by atoms with Crippen molar-refractivity contribution >= 4 is 16.6 Å². The van der Waals surface area contributed by atoms with Gasteiger partial charge in [0.15, 0.2) is 0 Å². The summed E-state index contributed by atoms with van der Waals surface area (Å²) in [6, 6.07) is 23.0. The molecular formula is C25H24FN3. The molecule has 3 aromatic carbocycles. The zero-order chi connectivity index (χ0) is 20.9. The van der Waals surface area contributed by atoms with E-state index in [1.807, 2.05) is 29.1 Å². The molecule has 1 fully saturated rings. The SMILES string of the molecule is [2H]C1[C@@H](c2ccccc2)N(c2ccc3c(cnn3-c3ccc(F)cc3)c2)CC1(C)C. The molecule has 0 spiro atoms. The number of benzene rings is 3. The molecule has 0 amide bonds. The average molecular weight is 386 g/mol. The number of rotatable bonds is 3. The van der Waals surface area contributed by atoms with Gasteiger partial charge >= 0.3 is 0 Å². The molecule has 1 unspecified atom stereocenters. The van der Waals surface area contributed by atoms with Gasteiger partial charge in [0.1, 0.15) is 5.82 Å². The molecule has 0 radical (unpaired) electrons. The van der Waals surface area contributed by atoms with Gasteiger partial charge in [-0.3, -0.25) is 0 Å². The van der Waals surface area contributed by atoms with Crippen molar-refractivity contribution in [3.05, 3.63) is 90.4 Å². The normalized spacial score (nSPS) is 21.5. The van der Waals surface area contributed by atoms with Crippen molar-refractivity contribution in [2.24, 2.45) is 5.41 Å². The molecular weight excluding hydrogens is 361 g/mol. The largest absolute Gasteiger partial charge is 0.364 e. The lowest BCUT2D eigenvalue weighted by Gasteiger charge is -2.27. The summed E-state index contributed by atoms with van der Waals surface area (Å²) >= 11 is 0. The fourth-order valence-corrected chi connectivity index (χ4v) is 4.27. The Bertz CT molecular complexity index is 1180. The van der Waals surface area contributed by atoms with Crippen molar-refractivity contribution < 1.29 is 5.76 Å². The van der Waals surface area contributed by atoms with Gasteiger partial charge in [-0.15, -0.1) is 0 Å². The first-order chi connectivity index (χ1) is 14.4. The predicted octanol–water partition coefficient (Wildman–Crippen LogP) is 6.14. The molecule has 1 aliphatic heterocycles. The first-order valence-electron chi connectivity index (χ1n) is 10.5. The van der Waals surface area contributed by atoms with E-state index in [4.69, 9.17) is 1.37 Å². The molecule has 0 aliphatic carbocycles. The van der Waals surface area contributed by atoms with Crippen LogP contribution in [0.1, 0.15) is 33.2 Å². The lowest BCUT2D eigenvalue weighted by molar-refractivity contribution is 0.404. The first kappa shape index (κ1) is 16.8. The fourth-order valence-electron chi connectivity index (χ4n) is 4.27. The molecule has 2 atom stereocenters. The highest BCUT2D eigenvalue weighted by molar-refractivity contribution is 5.84. The number of anilines is 1. The number of hydrogen-bond acceptors (Lipinski definition) is 2. The monoisotopic (exact) mass is 386 g/mol. The van der Waals surface area contributed by atoms with Crippen molar-refractivity contribution in [2.75, 3.05) is 11.4 Å². The summed E-state index contributed by atoms with van der Waals surface area (Å²) in [5.74, 6) is -0.258. The minimum atomic E-state index is -0.258. The van der Waals surface area contributed by atoms with Crippen LogP contribution in [0.4, 0.5) is 10.1 Å². The molecule has 1 aromatic heterocycles. The van der Waals surface area contributed by atoms with Gasteiger partial charge in [-0.1, -0.05) is 44.2 Å². The van der Waals surface area contributed by atoms with Gasteiger partial charge in [-0.05, 0) is 59.8 Å². The Morgan fingerprint density at radius 1 is 1.00 bits per heavy atom. The van der Waals surface area contributed by atoms with E-state index >= 15 is 0 Å². The second-order valence-electron chi connectivity index (χ2n) is 8.41. The van der Waals surface area contributed by atoms with E-state index in [9.17, 15) is 4.39 Å². The van der Waals surface area contributed by atoms with E-state index in [-0.39, 0.29) is 23.7 Å². The summed E-state index contributed by atoms with van der Waals surface area (Å²) in [5, 5.41) is 5.55. The van der Waals surface area contributed by atoms with E-state index in [1.165, 1.54) is 17.7 Å². The maximum Gasteiger partial charge on any atom is 0.123 e. The predicted molar refractivity (Wildman–Crippen MR) is 116 cm³/mol. The van der Waals surface area contributed by atoms with Gasteiger partial charge < -0.3 is 4.90 Å². The standard InChI is InChI=1S/C25H24FN3/c1-25(2)15-24(18-6-4-3-5-7-18)28(17-25)22-12-13-23-19(14-22)16-27-29(23)21-10-8-20(26)9-11-21/h3-14,16,24H,15,17H2,1-2H3/t24-/m0/s1/i15D/t15?,24-. The number of halogens is 1. The Labute approximate surface area is 171 Å². The number of nitrogens with zero attached hydrogens (tertiary/aromatic N) is 3. The molecule has 2 heterocycles. The Kier molecular flexibility index (Phi) is 3.89. The molecule has 3 nitrogen and oxygen atoms in total. The van der Waals surface area contributed by atoms with Crippen LogP contribution in [-0.4, -0.2) is 16.3 Å². The zero-order valence-corrected chi connectivity index (χ0v) is 16.6. The second-order valence-corrected chi connectivity index (χ2v) is 8.41. The molecule has 29 heavy (non-hydrogen) atoms. The lowest BCUT2D eigenvalue weighted by atomic mass is 9.89. The highest BCUT2D eigenvalue weighted by Gasteiger charge is 2.38. The van der Waals surface area contributed by atoms with Crippen LogP contribution < -0.4 is 4.90 Å². The van der Waals surface area contributed by atoms with Crippen molar-refractivity contribution in [2.45, 2.75) is 26.3 Å². The van der Waals surface area contributed by atoms with Crippen LogP contribution in [0.2, 0.25) is 0 Å². The zero-order valence-electron chi connectivity index (χ0n) is 17.6. The highest BCUT2D eigenvalue weighted by atomic mass is 19.1. The fraction of sp³-hybridized carbons (Fsp3) is 0.240. The summed E-state index contributed by atoms with van der Waals surface area (Å²) in [6.07, 6.45) is 1.62. The van der Waals surface area contributed by atoms with Crippen LogP contribution in [0.15, 0.2) is 79.0 Å². The molecule has 0 N–H and O–H groups in total. The molecule has 1 aliphatic rings. The molecule has 4 heteroatoms. The van der Waals surface area contributed by atoms with Crippen LogP contribution >= 0.6 is 0 Å². The smallest absolute Gasteiger partial charge is 0.123 e. The third-order valence-electron chi connectivity index (χ3n) is 5.62. The quantitative estimate of drug-likeness (QED) is 0.421. The average Bonchev–Trinajstić information content (AvgIpc) is 3.27. The molecule has 5 rings (SSSR count). The van der Waals surface area contributed by atoms with E-state index < -0.39 is 0 Å². The topological polar surface area (TPSA) is 21.1 Å². The van der Waals surface area contributed by atoms with Crippen LogP contribution in [0.3, 0.4) is 0 Å². The number of aromatic nitrogens is 2. The van der Waals surface area contributed by atoms with Crippen molar-refractivity contribution in [3.8, 4) is 5.69 Å². The van der Waals surface area contributed by atoms with Gasteiger partial charge in [0.05, 0.1) is 23.4 Å². The van der Waals surface area contributed by atoms with E-state index in [2.05, 4.69) is 54.2 Å². The molecule has 1 saturated heterocycles. The van der Waals surface area contributed by atoms with Crippen LogP contribution in [-0.2, 0) is 0 Å². The van der Waals surface area contributed by atoms with Crippen LogP contribution in [0, 0.1) is 11.2 Å². The van der Waals surface area contributed by atoms with Crippen LogP contribution in [0.5, 0.6) is 0 Å². The van der Waals surface area contributed by atoms with E-state index in [1.54, 1.807) is 12.1 Å². The maximum absolute atomic E-state index is 13.3. The number of hydrogen-bond donors (Lipinski definition) is 0. The van der Waals surface area contributed by atoms with Gasteiger partial charge in [-0.25, -0.2) is 9.07 Å². The molecule has 4 aromatic rings. The van der Waals surface area contributed by atoms with E-state index in [0.717, 1.165) is 28.8 Å². The van der Waals surface area contributed by atoms with Crippen LogP contribution in [0.25, 0.3) is 16.6 Å². The Hall–Kier alpha value is -3.14. The summed E-state index contributed by atoms with van der Waals surface area (Å²) in [5.41, 5.74) is 3.95. The summed E-state index contributed by atoms with van der Waals surface area (Å²) in [6.45, 7) is 5.16. The minimum absolute atomic E-state index is 0.00536. The van der Waals surface area contributed by atoms with Gasteiger partial charge in [0.2, 0.25) is 0 Å². The van der Waals surface area contributed by atoms with Gasteiger partial charge in [0.25, 0.3) is 0 Å². The Balaban J connectivity index is 1.56.